The van der Waals surface area contributed by atoms with Crippen molar-refractivity contribution in [2.75, 3.05) is 11.9 Å². The van der Waals surface area contributed by atoms with Crippen LogP contribution in [0, 0.1) is 0 Å². The molecular formula is C10H10Br2O4. The molecule has 1 atom stereocenters. The average Bonchev–Trinajstić information content (AvgIpc) is 2.76. The molecule has 6 heteroatoms. The summed E-state index contributed by atoms with van der Waals surface area (Å²) in [6, 6.07) is 2.89. The van der Waals surface area contributed by atoms with E-state index in [2.05, 4.69) is 31.9 Å². The van der Waals surface area contributed by atoms with Crippen LogP contribution in [-0.4, -0.2) is 28.5 Å². The van der Waals surface area contributed by atoms with E-state index < -0.39 is 5.97 Å². The summed E-state index contributed by atoms with van der Waals surface area (Å²) in [5.41, 5.74) is 0. The molecule has 0 aliphatic rings. The normalized spacial score (nSPS) is 12.2. The predicted molar refractivity (Wildman–Crippen MR) is 65.5 cm³/mol. The van der Waals surface area contributed by atoms with E-state index in [1.54, 1.807) is 6.92 Å². The van der Waals surface area contributed by atoms with Crippen LogP contribution in [0.15, 0.2) is 16.5 Å². The molecule has 0 aromatic carbocycles. The highest BCUT2D eigenvalue weighted by Crippen LogP contribution is 2.16. The summed E-state index contributed by atoms with van der Waals surface area (Å²) >= 11 is 6.36. The highest BCUT2D eigenvalue weighted by molar-refractivity contribution is 9.12. The first kappa shape index (κ1) is 13.4. The van der Waals surface area contributed by atoms with Gasteiger partial charge in [-0.15, -0.1) is 0 Å². The Morgan fingerprint density at radius 2 is 2.06 bits per heavy atom. The largest absolute Gasteiger partial charge is 0.460 e. The summed E-state index contributed by atoms with van der Waals surface area (Å²) in [6.45, 7) is 1.97. The molecule has 1 unspecified atom stereocenters. The lowest BCUT2D eigenvalue weighted by Gasteiger charge is -2.01. The van der Waals surface area contributed by atoms with Crippen LogP contribution in [-0.2, 0) is 4.74 Å². The fraction of sp³-hybridized carbons (Fsp3) is 0.400. The number of ketones is 1. The van der Waals surface area contributed by atoms with Crippen molar-refractivity contribution >= 4 is 43.6 Å². The molecule has 4 nitrogen and oxygen atoms in total. The summed E-state index contributed by atoms with van der Waals surface area (Å²) < 4.78 is 9.85. The molecule has 0 radical (unpaired) electrons. The first-order chi connectivity index (χ1) is 7.60. The maximum atomic E-state index is 11.6. The second-order valence-electron chi connectivity index (χ2n) is 2.87. The number of ether oxygens (including phenoxy) is 1. The fourth-order valence-electron chi connectivity index (χ4n) is 1.01. The molecule has 1 aromatic heterocycles. The van der Waals surface area contributed by atoms with Crippen LogP contribution < -0.4 is 0 Å². The number of furan rings is 1. The standard InChI is InChI=1S/C10H10Br2O4/c1-2-15-10(14)8-4-3-7(16-8)9(13)6(12)5-11/h3-4,6H,2,5H2,1H3. The smallest absolute Gasteiger partial charge is 0.374 e. The predicted octanol–water partition coefficient (Wildman–Crippen LogP) is 2.80. The molecular weight excluding hydrogens is 344 g/mol. The number of Topliss-reactive ketones (excluding diaryl/α,β-unsaturated/α-hetero) is 1. The Kier molecular flexibility index (Phi) is 5.21. The van der Waals surface area contributed by atoms with Crippen LogP contribution in [0.3, 0.4) is 0 Å². The quantitative estimate of drug-likeness (QED) is 0.464. The molecule has 0 saturated carbocycles. The van der Waals surface area contributed by atoms with E-state index in [1.165, 1.54) is 12.1 Å². The summed E-state index contributed by atoms with van der Waals surface area (Å²) in [4.78, 5) is 22.6. The lowest BCUT2D eigenvalue weighted by Crippen LogP contribution is -2.14. The lowest BCUT2D eigenvalue weighted by atomic mass is 10.2. The third-order valence-electron chi connectivity index (χ3n) is 1.75. The second kappa shape index (κ2) is 6.20. The van der Waals surface area contributed by atoms with Crippen molar-refractivity contribution in [2.24, 2.45) is 0 Å². The van der Waals surface area contributed by atoms with Crippen molar-refractivity contribution in [2.45, 2.75) is 11.8 Å². The molecule has 0 saturated heterocycles. The molecule has 0 aliphatic carbocycles. The third-order valence-corrected chi connectivity index (χ3v) is 4.00. The number of alkyl halides is 2. The number of halogens is 2. The molecule has 0 amide bonds. The van der Waals surface area contributed by atoms with Gasteiger partial charge in [0.2, 0.25) is 11.5 Å². The highest BCUT2D eigenvalue weighted by atomic mass is 79.9. The number of rotatable bonds is 5. The monoisotopic (exact) mass is 352 g/mol. The van der Waals surface area contributed by atoms with E-state index in [0.717, 1.165) is 0 Å². The Morgan fingerprint density at radius 1 is 1.44 bits per heavy atom. The Balaban J connectivity index is 2.79. The van der Waals surface area contributed by atoms with Crippen molar-refractivity contribution in [1.82, 2.24) is 0 Å². The van der Waals surface area contributed by atoms with Crippen LogP contribution in [0.25, 0.3) is 0 Å². The summed E-state index contributed by atoms with van der Waals surface area (Å²) in [5.74, 6) is -0.595. The molecule has 1 heterocycles. The number of esters is 1. The summed E-state index contributed by atoms with van der Waals surface area (Å²) in [5, 5.41) is 0.473. The van der Waals surface area contributed by atoms with Crippen LogP contribution in [0.5, 0.6) is 0 Å². The van der Waals surface area contributed by atoms with E-state index in [0.29, 0.717) is 5.33 Å². The molecule has 0 N–H and O–H groups in total. The van der Waals surface area contributed by atoms with Gasteiger partial charge in [0.15, 0.2) is 5.76 Å². The fourth-order valence-corrected chi connectivity index (χ4v) is 1.53. The van der Waals surface area contributed by atoms with Gasteiger partial charge in [-0.1, -0.05) is 31.9 Å². The maximum Gasteiger partial charge on any atom is 0.374 e. The van der Waals surface area contributed by atoms with Gasteiger partial charge in [0.1, 0.15) is 0 Å². The first-order valence-corrected chi connectivity index (χ1v) is 6.65. The Labute approximate surface area is 110 Å². The van der Waals surface area contributed by atoms with E-state index >= 15 is 0 Å². The number of hydrogen-bond acceptors (Lipinski definition) is 4. The highest BCUT2D eigenvalue weighted by Gasteiger charge is 2.21. The van der Waals surface area contributed by atoms with Crippen molar-refractivity contribution in [1.29, 1.82) is 0 Å². The minimum atomic E-state index is -0.563. The minimum absolute atomic E-state index is 0.0412. The van der Waals surface area contributed by atoms with E-state index in [-0.39, 0.29) is 28.7 Å². The molecule has 0 fully saturated rings. The van der Waals surface area contributed by atoms with Crippen molar-refractivity contribution in [3.8, 4) is 0 Å². The van der Waals surface area contributed by atoms with E-state index in [9.17, 15) is 9.59 Å². The van der Waals surface area contributed by atoms with Crippen LogP contribution in [0.1, 0.15) is 28.0 Å². The maximum absolute atomic E-state index is 11.6. The SMILES string of the molecule is CCOC(=O)c1ccc(C(=O)C(Br)CBr)o1. The van der Waals surface area contributed by atoms with Crippen molar-refractivity contribution in [3.05, 3.63) is 23.7 Å². The van der Waals surface area contributed by atoms with Crippen LogP contribution in [0.4, 0.5) is 0 Å². The molecule has 0 aliphatic heterocycles. The first-order valence-electron chi connectivity index (χ1n) is 4.61. The van der Waals surface area contributed by atoms with Gasteiger partial charge in [-0.05, 0) is 19.1 Å². The van der Waals surface area contributed by atoms with Crippen LogP contribution >= 0.6 is 31.9 Å². The number of carbonyl (C=O) groups excluding carboxylic acids is 2. The van der Waals surface area contributed by atoms with Gasteiger partial charge in [-0.3, -0.25) is 4.79 Å². The van der Waals surface area contributed by atoms with Crippen molar-refractivity contribution < 1.29 is 18.7 Å². The van der Waals surface area contributed by atoms with Gasteiger partial charge in [0.25, 0.3) is 0 Å². The lowest BCUT2D eigenvalue weighted by molar-refractivity contribution is 0.0488. The van der Waals surface area contributed by atoms with Crippen LogP contribution in [0.2, 0.25) is 0 Å². The molecule has 0 bridgehead atoms. The minimum Gasteiger partial charge on any atom is -0.460 e. The molecule has 0 spiro atoms. The third kappa shape index (κ3) is 3.18. The Morgan fingerprint density at radius 3 is 2.62 bits per heavy atom. The van der Waals surface area contributed by atoms with Gasteiger partial charge >= 0.3 is 5.97 Å². The Bertz CT molecular complexity index is 386. The second-order valence-corrected chi connectivity index (χ2v) is 4.62. The Hall–Kier alpha value is -0.620. The summed E-state index contributed by atoms with van der Waals surface area (Å²) in [7, 11) is 0. The van der Waals surface area contributed by atoms with Crippen molar-refractivity contribution in [3.63, 3.8) is 0 Å². The topological polar surface area (TPSA) is 56.5 Å². The zero-order chi connectivity index (χ0) is 12.1. The van der Waals surface area contributed by atoms with Gasteiger partial charge in [-0.2, -0.15) is 0 Å². The zero-order valence-corrected chi connectivity index (χ0v) is 11.7. The van der Waals surface area contributed by atoms with Gasteiger partial charge in [0.05, 0.1) is 11.4 Å². The summed E-state index contributed by atoms with van der Waals surface area (Å²) in [6.07, 6.45) is 0. The van der Waals surface area contributed by atoms with E-state index in [1.807, 2.05) is 0 Å². The van der Waals surface area contributed by atoms with Gasteiger partial charge in [-0.25, -0.2) is 4.79 Å². The number of carbonyl (C=O) groups is 2. The average molecular weight is 354 g/mol. The van der Waals surface area contributed by atoms with E-state index in [4.69, 9.17) is 9.15 Å². The molecule has 1 rings (SSSR count). The molecule has 1 aromatic rings. The molecule has 88 valence electrons. The molecule has 16 heavy (non-hydrogen) atoms. The van der Waals surface area contributed by atoms with Gasteiger partial charge in [0, 0.05) is 5.33 Å². The number of hydrogen-bond donors (Lipinski definition) is 0. The van der Waals surface area contributed by atoms with Gasteiger partial charge < -0.3 is 9.15 Å². The zero-order valence-electron chi connectivity index (χ0n) is 8.54.